The number of halogens is 1. The number of fused-ring (bicyclic) bond motifs is 1. The zero-order valence-electron chi connectivity index (χ0n) is 16.8. The Hall–Kier alpha value is -3.10. The molecule has 1 aliphatic rings. The predicted molar refractivity (Wildman–Crippen MR) is 109 cm³/mol. The van der Waals surface area contributed by atoms with Gasteiger partial charge in [-0.25, -0.2) is 19.3 Å². The van der Waals surface area contributed by atoms with Gasteiger partial charge in [0.1, 0.15) is 23.4 Å². The van der Waals surface area contributed by atoms with E-state index in [4.69, 9.17) is 0 Å². The van der Waals surface area contributed by atoms with E-state index in [0.29, 0.717) is 17.3 Å². The number of hydrogen-bond donors (Lipinski definition) is 1. The van der Waals surface area contributed by atoms with E-state index in [-0.39, 0.29) is 23.4 Å². The molecule has 1 aliphatic carbocycles. The fourth-order valence-electron chi connectivity index (χ4n) is 3.46. The molecule has 0 aromatic carbocycles. The maximum atomic E-state index is 13.6. The van der Waals surface area contributed by atoms with Crippen molar-refractivity contribution in [3.63, 3.8) is 0 Å². The Kier molecular flexibility index (Phi) is 6.36. The van der Waals surface area contributed by atoms with Crippen LogP contribution in [0.25, 0.3) is 17.2 Å². The first-order chi connectivity index (χ1) is 14.0. The lowest BCUT2D eigenvalue weighted by Crippen LogP contribution is -2.26. The van der Waals surface area contributed by atoms with Crippen molar-refractivity contribution < 1.29 is 9.31 Å². The molecule has 3 aromatic rings. The molecule has 0 atom stereocenters. The molecule has 9 heteroatoms. The number of pyridine rings is 1. The van der Waals surface area contributed by atoms with Gasteiger partial charge in [0, 0.05) is 12.2 Å². The lowest BCUT2D eigenvalue weighted by Gasteiger charge is -2.27. The van der Waals surface area contributed by atoms with Gasteiger partial charge in [-0.15, -0.1) is 0 Å². The highest BCUT2D eigenvalue weighted by Gasteiger charge is 2.24. The van der Waals surface area contributed by atoms with Crippen molar-refractivity contribution in [3.8, 4) is 11.5 Å². The van der Waals surface area contributed by atoms with Crippen LogP contribution in [-0.4, -0.2) is 30.3 Å². The van der Waals surface area contributed by atoms with E-state index < -0.39 is 10.7 Å². The second-order valence-electron chi connectivity index (χ2n) is 7.00. The molecular weight excluding hydrogens is 375 g/mol. The van der Waals surface area contributed by atoms with E-state index in [2.05, 4.69) is 27.2 Å². The van der Waals surface area contributed by atoms with Crippen molar-refractivity contribution >= 4 is 17.2 Å². The normalized spacial score (nSPS) is 18.8. The highest BCUT2D eigenvalue weighted by molar-refractivity contribution is 5.63. The molecule has 0 spiro atoms. The Morgan fingerprint density at radius 2 is 1.90 bits per heavy atom. The highest BCUT2D eigenvalue weighted by atomic mass is 19.1. The summed E-state index contributed by atoms with van der Waals surface area (Å²) in [5, 5.41) is 14.6. The van der Waals surface area contributed by atoms with Crippen LogP contribution in [0, 0.1) is 21.8 Å². The van der Waals surface area contributed by atoms with Gasteiger partial charge in [-0.3, -0.25) is 14.5 Å². The van der Waals surface area contributed by atoms with Gasteiger partial charge in [0.05, 0.1) is 11.1 Å². The third kappa shape index (κ3) is 4.49. The standard InChI is InChI=1S/C18H19FN6O2.C2H6/c1-11-2-5-13(6-3-11)22-18-15(25(26)27)9-21-17(23-18)14-8-20-16-7-4-12(19)10-24(14)16;1-2/h4,7-11,13H,2-3,5-6H2,1H3,(H,21,22,23);1-2H3. The van der Waals surface area contributed by atoms with Gasteiger partial charge in [-0.2, -0.15) is 0 Å². The Bertz CT molecular complexity index is 998. The monoisotopic (exact) mass is 400 g/mol. The van der Waals surface area contributed by atoms with Gasteiger partial charge in [-0.05, 0) is 43.7 Å². The second-order valence-corrected chi connectivity index (χ2v) is 7.00. The molecule has 4 rings (SSSR count). The molecule has 0 radical (unpaired) electrons. The quantitative estimate of drug-likeness (QED) is 0.496. The van der Waals surface area contributed by atoms with E-state index in [1.165, 1.54) is 29.1 Å². The fourth-order valence-corrected chi connectivity index (χ4v) is 3.46. The van der Waals surface area contributed by atoms with E-state index in [9.17, 15) is 14.5 Å². The summed E-state index contributed by atoms with van der Waals surface area (Å²) in [7, 11) is 0. The molecule has 154 valence electrons. The molecule has 0 amide bonds. The molecule has 1 fully saturated rings. The number of rotatable bonds is 4. The third-order valence-corrected chi connectivity index (χ3v) is 5.02. The third-order valence-electron chi connectivity index (χ3n) is 5.02. The molecule has 8 nitrogen and oxygen atoms in total. The maximum absolute atomic E-state index is 13.6. The molecule has 1 N–H and O–H groups in total. The van der Waals surface area contributed by atoms with E-state index in [1.54, 1.807) is 6.07 Å². The van der Waals surface area contributed by atoms with Crippen LogP contribution in [0.5, 0.6) is 0 Å². The average molecular weight is 400 g/mol. The molecule has 0 bridgehead atoms. The first-order valence-electron chi connectivity index (χ1n) is 9.92. The van der Waals surface area contributed by atoms with Gasteiger partial charge < -0.3 is 5.32 Å². The second kappa shape index (κ2) is 8.93. The summed E-state index contributed by atoms with van der Waals surface area (Å²) in [5.41, 5.74) is 0.848. The summed E-state index contributed by atoms with van der Waals surface area (Å²) < 4.78 is 15.1. The molecule has 0 unspecified atom stereocenters. The van der Waals surface area contributed by atoms with Crippen molar-refractivity contribution in [1.29, 1.82) is 0 Å². The summed E-state index contributed by atoms with van der Waals surface area (Å²) in [6.07, 6.45) is 8.05. The van der Waals surface area contributed by atoms with Gasteiger partial charge in [0.2, 0.25) is 5.82 Å². The molecule has 29 heavy (non-hydrogen) atoms. The molecule has 0 aliphatic heterocycles. The van der Waals surface area contributed by atoms with Gasteiger partial charge >= 0.3 is 5.69 Å². The lowest BCUT2D eigenvalue weighted by atomic mass is 9.87. The van der Waals surface area contributed by atoms with Crippen LogP contribution in [0.4, 0.5) is 15.9 Å². The summed E-state index contributed by atoms with van der Waals surface area (Å²) in [5.74, 6) is 0.701. The Labute approximate surface area is 168 Å². The topological polar surface area (TPSA) is 98.2 Å². The molecule has 3 aromatic heterocycles. The Morgan fingerprint density at radius 1 is 1.17 bits per heavy atom. The predicted octanol–water partition coefficient (Wildman–Crippen LogP) is 4.86. The number of imidazole rings is 1. The molecular formula is C20H25FN6O2. The minimum atomic E-state index is -0.494. The smallest absolute Gasteiger partial charge is 0.329 e. The number of aromatic nitrogens is 4. The van der Waals surface area contributed by atoms with Crippen LogP contribution in [0.2, 0.25) is 0 Å². The number of hydrogen-bond acceptors (Lipinski definition) is 6. The average Bonchev–Trinajstić information content (AvgIpc) is 3.14. The number of nitrogens with one attached hydrogen (secondary N) is 1. The van der Waals surface area contributed by atoms with Gasteiger partial charge in [0.15, 0.2) is 5.82 Å². The van der Waals surface area contributed by atoms with Crippen LogP contribution >= 0.6 is 0 Å². The van der Waals surface area contributed by atoms with Crippen molar-refractivity contribution in [3.05, 3.63) is 46.7 Å². The van der Waals surface area contributed by atoms with Crippen LogP contribution in [-0.2, 0) is 0 Å². The van der Waals surface area contributed by atoms with Crippen LogP contribution in [0.3, 0.4) is 0 Å². The Morgan fingerprint density at radius 3 is 2.59 bits per heavy atom. The van der Waals surface area contributed by atoms with Crippen molar-refractivity contribution in [2.45, 2.75) is 52.5 Å². The number of nitro groups is 1. The molecule has 3 heterocycles. The largest absolute Gasteiger partial charge is 0.361 e. The van der Waals surface area contributed by atoms with Crippen molar-refractivity contribution in [1.82, 2.24) is 19.4 Å². The van der Waals surface area contributed by atoms with Gasteiger partial charge in [-0.1, -0.05) is 20.8 Å². The minimum absolute atomic E-state index is 0.141. The maximum Gasteiger partial charge on any atom is 0.329 e. The SMILES string of the molecule is CC.CC1CCC(Nc2nc(-c3cnc4ccc(F)cn34)ncc2[N+](=O)[O-])CC1. The summed E-state index contributed by atoms with van der Waals surface area (Å²) in [4.78, 5) is 23.6. The lowest BCUT2D eigenvalue weighted by molar-refractivity contribution is -0.384. The van der Waals surface area contributed by atoms with E-state index in [0.717, 1.165) is 25.7 Å². The summed E-state index contributed by atoms with van der Waals surface area (Å²) in [6.45, 7) is 6.21. The first kappa shape index (κ1) is 20.6. The zero-order chi connectivity index (χ0) is 21.0. The van der Waals surface area contributed by atoms with Gasteiger partial charge in [0.25, 0.3) is 0 Å². The van der Waals surface area contributed by atoms with Crippen LogP contribution < -0.4 is 5.32 Å². The minimum Gasteiger partial charge on any atom is -0.361 e. The van der Waals surface area contributed by atoms with Crippen LogP contribution in [0.15, 0.2) is 30.7 Å². The Balaban J connectivity index is 0.00000117. The number of anilines is 1. The van der Waals surface area contributed by atoms with Crippen molar-refractivity contribution in [2.24, 2.45) is 5.92 Å². The first-order valence-corrected chi connectivity index (χ1v) is 9.92. The summed E-state index contributed by atoms with van der Waals surface area (Å²) in [6, 6.07) is 3.01. The number of nitrogens with zero attached hydrogens (tertiary/aromatic N) is 5. The zero-order valence-corrected chi connectivity index (χ0v) is 16.8. The highest BCUT2D eigenvalue weighted by Crippen LogP contribution is 2.30. The van der Waals surface area contributed by atoms with Crippen molar-refractivity contribution in [2.75, 3.05) is 5.32 Å². The van der Waals surface area contributed by atoms with E-state index >= 15 is 0 Å². The van der Waals surface area contributed by atoms with E-state index in [1.807, 2.05) is 13.8 Å². The molecule has 1 saturated carbocycles. The summed E-state index contributed by atoms with van der Waals surface area (Å²) >= 11 is 0. The fraction of sp³-hybridized carbons (Fsp3) is 0.450. The molecule has 0 saturated heterocycles. The van der Waals surface area contributed by atoms with Crippen LogP contribution in [0.1, 0.15) is 46.5 Å².